The molecule has 0 bridgehead atoms. The Morgan fingerprint density at radius 3 is 2.51 bits per heavy atom. The van der Waals surface area contributed by atoms with Crippen LogP contribution in [-0.4, -0.2) is 44.9 Å². The minimum atomic E-state index is -0.969. The highest BCUT2D eigenvalue weighted by Crippen LogP contribution is 2.38. The summed E-state index contributed by atoms with van der Waals surface area (Å²) in [6, 6.07) is 9.15. The molecule has 3 N–H and O–H groups in total. The first kappa shape index (κ1) is 24.6. The summed E-state index contributed by atoms with van der Waals surface area (Å²) < 4.78 is 31.2. The van der Waals surface area contributed by atoms with Gasteiger partial charge >= 0.3 is 0 Å². The second-order valence-corrected chi connectivity index (χ2v) is 9.42. The van der Waals surface area contributed by atoms with E-state index in [1.165, 1.54) is 12.1 Å². The average molecular weight is 508 g/mol. The van der Waals surface area contributed by atoms with Gasteiger partial charge in [-0.05, 0) is 55.6 Å². The summed E-state index contributed by atoms with van der Waals surface area (Å²) in [4.78, 5) is 32.6. The quantitative estimate of drug-likeness (QED) is 0.430. The van der Waals surface area contributed by atoms with Gasteiger partial charge in [-0.15, -0.1) is 0 Å². The summed E-state index contributed by atoms with van der Waals surface area (Å²) in [7, 11) is 1.93. The number of hydrogen-bond donors (Lipinski definition) is 2. The molecule has 0 aliphatic carbocycles. The highest BCUT2D eigenvalue weighted by atomic mass is 19.1. The first-order chi connectivity index (χ1) is 17.7. The molecule has 2 unspecified atom stereocenters. The number of nitrogens with one attached hydrogen (secondary N) is 1. The van der Waals surface area contributed by atoms with Gasteiger partial charge in [-0.2, -0.15) is 9.78 Å². The fourth-order valence-corrected chi connectivity index (χ4v) is 4.88. The monoisotopic (exact) mass is 507 g/mol. The Morgan fingerprint density at radius 1 is 1.11 bits per heavy atom. The topological polar surface area (TPSA) is 111 Å². The van der Waals surface area contributed by atoms with Crippen molar-refractivity contribution in [3.8, 4) is 5.69 Å². The number of para-hydroxylation sites is 1. The van der Waals surface area contributed by atoms with Crippen molar-refractivity contribution in [3.05, 3.63) is 76.0 Å². The van der Waals surface area contributed by atoms with Crippen LogP contribution in [0.1, 0.15) is 23.2 Å². The largest absolute Gasteiger partial charge is 0.367 e. The van der Waals surface area contributed by atoms with Crippen molar-refractivity contribution in [2.75, 3.05) is 29.9 Å². The normalized spacial score (nSPS) is 17.5. The lowest BCUT2D eigenvalue weighted by atomic mass is 9.99. The number of fused-ring (bicyclic) bond motifs is 1. The predicted octanol–water partition coefficient (Wildman–Crippen LogP) is 2.99. The van der Waals surface area contributed by atoms with Crippen LogP contribution in [0.2, 0.25) is 0 Å². The zero-order chi connectivity index (χ0) is 26.4. The minimum Gasteiger partial charge on any atom is -0.367 e. The molecule has 1 amide bonds. The van der Waals surface area contributed by atoms with Crippen LogP contribution in [0.4, 0.5) is 20.2 Å². The molecular weight excluding hydrogens is 480 g/mol. The van der Waals surface area contributed by atoms with E-state index >= 15 is 0 Å². The second kappa shape index (κ2) is 9.40. The Balaban J connectivity index is 1.56. The van der Waals surface area contributed by atoms with Gasteiger partial charge in [-0.1, -0.05) is 13.0 Å². The number of benzene rings is 2. The first-order valence-corrected chi connectivity index (χ1v) is 12.0. The van der Waals surface area contributed by atoms with Crippen LogP contribution in [0.25, 0.3) is 16.7 Å². The smallest absolute Gasteiger partial charge is 0.276 e. The zero-order valence-corrected chi connectivity index (χ0v) is 20.7. The lowest BCUT2D eigenvalue weighted by Gasteiger charge is -2.23. The highest BCUT2D eigenvalue weighted by molar-refractivity contribution is 6.08. The number of nitrogens with zero attached hydrogens (tertiary/aromatic N) is 5. The number of carbonyl (C=O) groups excluding carboxylic acids is 1. The van der Waals surface area contributed by atoms with Crippen molar-refractivity contribution in [2.24, 2.45) is 24.6 Å². The molecule has 37 heavy (non-hydrogen) atoms. The van der Waals surface area contributed by atoms with E-state index in [0.717, 1.165) is 47.3 Å². The van der Waals surface area contributed by atoms with Gasteiger partial charge in [0.25, 0.3) is 11.5 Å². The molecule has 9 nitrogen and oxygen atoms in total. The van der Waals surface area contributed by atoms with E-state index in [2.05, 4.69) is 22.2 Å². The second-order valence-electron chi connectivity index (χ2n) is 9.42. The van der Waals surface area contributed by atoms with Crippen molar-refractivity contribution >= 4 is 28.3 Å². The third kappa shape index (κ3) is 4.25. The molecule has 2 atom stereocenters. The van der Waals surface area contributed by atoms with Gasteiger partial charge in [-0.3, -0.25) is 9.59 Å². The fraction of sp³-hybridized carbons (Fsp3) is 0.308. The van der Waals surface area contributed by atoms with Crippen molar-refractivity contribution < 1.29 is 13.6 Å². The molecule has 1 aliphatic rings. The van der Waals surface area contributed by atoms with Crippen LogP contribution < -0.4 is 21.5 Å². The molecule has 192 valence electrons. The van der Waals surface area contributed by atoms with Gasteiger partial charge in [-0.25, -0.2) is 13.8 Å². The third-order valence-corrected chi connectivity index (χ3v) is 7.07. The number of halogens is 2. The van der Waals surface area contributed by atoms with Gasteiger partial charge in [0.2, 0.25) is 0 Å². The van der Waals surface area contributed by atoms with E-state index in [-0.39, 0.29) is 5.69 Å². The number of imidazole rings is 1. The van der Waals surface area contributed by atoms with Crippen LogP contribution in [0.5, 0.6) is 0 Å². The molecule has 11 heteroatoms. The molecule has 1 aliphatic heterocycles. The predicted molar refractivity (Wildman–Crippen MR) is 137 cm³/mol. The lowest BCUT2D eigenvalue weighted by molar-refractivity contribution is 0.102. The van der Waals surface area contributed by atoms with Gasteiger partial charge < -0.3 is 20.5 Å². The summed E-state index contributed by atoms with van der Waals surface area (Å²) in [5.74, 6) is -1.10. The SMILES string of the molecule is Cc1nc2c(N3CC(C)C(CN)C3)c(NC(=O)c3ccc(=O)n(-c4c(F)cccc4F)n3)ccc2n1C. The van der Waals surface area contributed by atoms with E-state index < -0.39 is 28.8 Å². The minimum absolute atomic E-state index is 0.180. The van der Waals surface area contributed by atoms with Crippen molar-refractivity contribution in [1.29, 1.82) is 0 Å². The number of rotatable bonds is 5. The van der Waals surface area contributed by atoms with E-state index in [9.17, 15) is 18.4 Å². The van der Waals surface area contributed by atoms with Gasteiger partial charge in [0.1, 0.15) is 22.7 Å². The van der Waals surface area contributed by atoms with Crippen LogP contribution in [-0.2, 0) is 7.05 Å². The number of aromatic nitrogens is 4. The maximum Gasteiger partial charge on any atom is 0.276 e. The summed E-state index contributed by atoms with van der Waals surface area (Å²) in [5.41, 5.74) is 7.33. The van der Waals surface area contributed by atoms with E-state index in [1.54, 1.807) is 6.07 Å². The number of aryl methyl sites for hydroxylation is 2. The van der Waals surface area contributed by atoms with Crippen molar-refractivity contribution in [1.82, 2.24) is 19.3 Å². The molecule has 1 saturated heterocycles. The zero-order valence-electron chi connectivity index (χ0n) is 20.7. The lowest BCUT2D eigenvalue weighted by Crippen LogP contribution is -2.27. The Morgan fingerprint density at radius 2 is 1.84 bits per heavy atom. The summed E-state index contributed by atoms with van der Waals surface area (Å²) in [5, 5.41) is 6.84. The Labute approximate surface area is 211 Å². The Bertz CT molecular complexity index is 1560. The van der Waals surface area contributed by atoms with Crippen LogP contribution >= 0.6 is 0 Å². The summed E-state index contributed by atoms with van der Waals surface area (Å²) >= 11 is 0. The van der Waals surface area contributed by atoms with Crippen molar-refractivity contribution in [3.63, 3.8) is 0 Å². The number of carbonyl (C=O) groups is 1. The standard InChI is InChI=1S/C26H27F2N7O2/c1-14-12-34(13-16(14)11-29)25-19(7-9-21-23(25)30-15(2)33(21)3)31-26(37)20-8-10-22(36)35(32-20)24-17(27)5-4-6-18(24)28/h4-10,14,16H,11-13,29H2,1-3H3,(H,31,37). The highest BCUT2D eigenvalue weighted by Gasteiger charge is 2.32. The fourth-order valence-electron chi connectivity index (χ4n) is 4.88. The molecule has 4 aromatic rings. The molecule has 5 rings (SSSR count). The Kier molecular flexibility index (Phi) is 6.24. The number of nitrogens with two attached hydrogens (primary N) is 1. The number of amides is 1. The Hall–Kier alpha value is -4.12. The summed E-state index contributed by atoms with van der Waals surface area (Å²) in [6.07, 6.45) is 0. The molecule has 0 saturated carbocycles. The first-order valence-electron chi connectivity index (χ1n) is 12.0. The number of hydrogen-bond acceptors (Lipinski definition) is 6. The van der Waals surface area contributed by atoms with Gasteiger partial charge in [0.15, 0.2) is 11.6 Å². The van der Waals surface area contributed by atoms with Crippen LogP contribution in [0.15, 0.2) is 47.3 Å². The van der Waals surface area contributed by atoms with E-state index in [1.807, 2.05) is 24.6 Å². The van der Waals surface area contributed by atoms with Crippen molar-refractivity contribution in [2.45, 2.75) is 13.8 Å². The average Bonchev–Trinajstić information content (AvgIpc) is 3.38. The third-order valence-electron chi connectivity index (χ3n) is 7.07. The van der Waals surface area contributed by atoms with Gasteiger partial charge in [0, 0.05) is 26.2 Å². The maximum absolute atomic E-state index is 14.3. The van der Waals surface area contributed by atoms with Crippen LogP contribution in [0.3, 0.4) is 0 Å². The number of anilines is 2. The molecule has 1 fully saturated rings. The molecule has 0 spiro atoms. The molecular formula is C26H27F2N7O2. The van der Waals surface area contributed by atoms with Crippen LogP contribution in [0, 0.1) is 30.4 Å². The molecule has 2 aromatic heterocycles. The molecule has 0 radical (unpaired) electrons. The van der Waals surface area contributed by atoms with E-state index in [4.69, 9.17) is 10.7 Å². The molecule has 2 aromatic carbocycles. The maximum atomic E-state index is 14.3. The summed E-state index contributed by atoms with van der Waals surface area (Å²) in [6.45, 7) is 6.07. The van der Waals surface area contributed by atoms with E-state index in [0.29, 0.717) is 35.3 Å². The molecule has 3 heterocycles. The van der Waals surface area contributed by atoms with Gasteiger partial charge in [0.05, 0.1) is 16.9 Å².